The molecule has 2 aromatic rings. The first-order chi connectivity index (χ1) is 9.41. The molecule has 0 aromatic heterocycles. The molecule has 5 heteroatoms. The maximum Gasteiger partial charge on any atom is 0.416 e. The predicted octanol–water partition coefficient (Wildman–Crippen LogP) is 5.09. The zero-order valence-electron chi connectivity index (χ0n) is 10.2. The average Bonchev–Trinajstić information content (AvgIpc) is 2.39. The number of hydrogen-bond donors (Lipinski definition) is 0. The first-order valence-electron chi connectivity index (χ1n) is 5.75. The van der Waals surface area contributed by atoms with Crippen molar-refractivity contribution < 1.29 is 13.2 Å². The van der Waals surface area contributed by atoms with Crippen molar-refractivity contribution >= 4 is 11.6 Å². The first kappa shape index (κ1) is 14.4. The number of nitriles is 1. The monoisotopic (exact) mass is 295 g/mol. The first-order valence-corrected chi connectivity index (χ1v) is 6.12. The molecular formula is C15H9ClF3N. The molecule has 0 fully saturated rings. The zero-order chi connectivity index (χ0) is 14.8. The fourth-order valence-corrected chi connectivity index (χ4v) is 2.02. The van der Waals surface area contributed by atoms with Gasteiger partial charge in [0.1, 0.15) is 0 Å². The fourth-order valence-electron chi connectivity index (χ4n) is 1.89. The summed E-state index contributed by atoms with van der Waals surface area (Å²) in [6, 6.07) is 11.8. The minimum atomic E-state index is -4.41. The average molecular weight is 296 g/mol. The van der Waals surface area contributed by atoms with E-state index in [1.165, 1.54) is 6.07 Å². The third kappa shape index (κ3) is 3.12. The molecule has 0 spiro atoms. The lowest BCUT2D eigenvalue weighted by molar-refractivity contribution is -0.137. The molecule has 2 aromatic carbocycles. The lowest BCUT2D eigenvalue weighted by Gasteiger charge is -2.12. The van der Waals surface area contributed by atoms with Crippen LogP contribution in [0.2, 0.25) is 5.02 Å². The quantitative estimate of drug-likeness (QED) is 0.757. The maximum absolute atomic E-state index is 12.8. The summed E-state index contributed by atoms with van der Waals surface area (Å²) < 4.78 is 38.3. The predicted molar refractivity (Wildman–Crippen MR) is 71.2 cm³/mol. The molecule has 0 saturated carbocycles. The van der Waals surface area contributed by atoms with Gasteiger partial charge < -0.3 is 0 Å². The van der Waals surface area contributed by atoms with Crippen molar-refractivity contribution in [3.05, 3.63) is 58.6 Å². The molecule has 1 nitrogen and oxygen atoms in total. The van der Waals surface area contributed by atoms with Crippen LogP contribution in [0, 0.1) is 11.3 Å². The van der Waals surface area contributed by atoms with E-state index in [2.05, 4.69) is 0 Å². The van der Waals surface area contributed by atoms with Crippen LogP contribution >= 0.6 is 11.6 Å². The zero-order valence-corrected chi connectivity index (χ0v) is 11.0. The van der Waals surface area contributed by atoms with Crippen molar-refractivity contribution in [2.24, 2.45) is 0 Å². The summed E-state index contributed by atoms with van der Waals surface area (Å²) in [5.74, 6) is 0. The molecule has 0 unspecified atom stereocenters. The number of nitrogens with zero attached hydrogens (tertiary/aromatic N) is 1. The second kappa shape index (κ2) is 5.56. The number of hydrogen-bond acceptors (Lipinski definition) is 1. The minimum Gasteiger partial charge on any atom is -0.198 e. The van der Waals surface area contributed by atoms with Gasteiger partial charge in [-0.3, -0.25) is 0 Å². The van der Waals surface area contributed by atoms with Crippen LogP contribution in [-0.2, 0) is 12.6 Å². The largest absolute Gasteiger partial charge is 0.416 e. The fraction of sp³-hybridized carbons (Fsp3) is 0.133. The summed E-state index contributed by atoms with van der Waals surface area (Å²) in [7, 11) is 0. The Morgan fingerprint density at radius 3 is 2.25 bits per heavy atom. The second-order valence-corrected chi connectivity index (χ2v) is 4.65. The van der Waals surface area contributed by atoms with Crippen LogP contribution in [0.25, 0.3) is 11.1 Å². The van der Waals surface area contributed by atoms with Crippen LogP contribution in [0.4, 0.5) is 13.2 Å². The molecule has 20 heavy (non-hydrogen) atoms. The summed E-state index contributed by atoms with van der Waals surface area (Å²) in [5, 5.41) is 9.27. The van der Waals surface area contributed by atoms with Gasteiger partial charge in [0.25, 0.3) is 0 Å². The molecule has 0 N–H and O–H groups in total. The van der Waals surface area contributed by atoms with Gasteiger partial charge in [0, 0.05) is 5.02 Å². The van der Waals surface area contributed by atoms with Crippen molar-refractivity contribution in [1.29, 1.82) is 5.26 Å². The van der Waals surface area contributed by atoms with Crippen LogP contribution in [-0.4, -0.2) is 0 Å². The molecule has 0 aliphatic rings. The maximum atomic E-state index is 12.8. The van der Waals surface area contributed by atoms with Crippen LogP contribution in [0.1, 0.15) is 11.1 Å². The Kier molecular flexibility index (Phi) is 4.01. The van der Waals surface area contributed by atoms with Crippen molar-refractivity contribution in [2.45, 2.75) is 12.6 Å². The SMILES string of the molecule is N#CCc1ccc(C(F)(F)F)cc1-c1ccc(Cl)cc1. The number of halogens is 4. The third-order valence-corrected chi connectivity index (χ3v) is 3.11. The minimum absolute atomic E-state index is 0.0517. The lowest BCUT2D eigenvalue weighted by atomic mass is 9.95. The molecular weight excluding hydrogens is 287 g/mol. The van der Waals surface area contributed by atoms with Crippen LogP contribution in [0.3, 0.4) is 0 Å². The summed E-state index contributed by atoms with van der Waals surface area (Å²) in [6.07, 6.45) is -4.36. The van der Waals surface area contributed by atoms with Gasteiger partial charge >= 0.3 is 6.18 Å². The molecule has 0 aliphatic carbocycles. The van der Waals surface area contributed by atoms with E-state index in [1.54, 1.807) is 24.3 Å². The van der Waals surface area contributed by atoms with Gasteiger partial charge in [-0.1, -0.05) is 29.8 Å². The van der Waals surface area contributed by atoms with Gasteiger partial charge in [-0.15, -0.1) is 0 Å². The number of alkyl halides is 3. The van der Waals surface area contributed by atoms with Crippen LogP contribution in [0.15, 0.2) is 42.5 Å². The van der Waals surface area contributed by atoms with E-state index in [0.29, 0.717) is 21.7 Å². The molecule has 0 saturated heterocycles. The molecule has 0 heterocycles. The summed E-state index contributed by atoms with van der Waals surface area (Å²) in [4.78, 5) is 0. The standard InChI is InChI=1S/C15H9ClF3N/c16-13-5-2-10(3-6-13)14-9-12(15(17,18)19)4-1-11(14)7-8-20/h1-6,9H,7H2. The molecule has 2 rings (SSSR count). The molecule has 0 atom stereocenters. The highest BCUT2D eigenvalue weighted by Crippen LogP contribution is 2.34. The van der Waals surface area contributed by atoms with Crippen LogP contribution in [0.5, 0.6) is 0 Å². The summed E-state index contributed by atoms with van der Waals surface area (Å²) in [6.45, 7) is 0. The highest BCUT2D eigenvalue weighted by atomic mass is 35.5. The van der Waals surface area contributed by atoms with Crippen molar-refractivity contribution in [3.63, 3.8) is 0 Å². The van der Waals surface area contributed by atoms with Gasteiger partial charge in [0.2, 0.25) is 0 Å². The Bertz CT molecular complexity index is 654. The molecule has 0 radical (unpaired) electrons. The highest BCUT2D eigenvalue weighted by molar-refractivity contribution is 6.30. The van der Waals surface area contributed by atoms with E-state index in [1.807, 2.05) is 6.07 Å². The van der Waals surface area contributed by atoms with E-state index in [0.717, 1.165) is 12.1 Å². The van der Waals surface area contributed by atoms with Crippen molar-refractivity contribution in [2.75, 3.05) is 0 Å². The Balaban J connectivity index is 2.58. The molecule has 102 valence electrons. The Morgan fingerprint density at radius 2 is 1.70 bits per heavy atom. The van der Waals surface area contributed by atoms with Gasteiger partial charge in [-0.05, 0) is 41.0 Å². The Hall–Kier alpha value is -1.99. The van der Waals surface area contributed by atoms with Gasteiger partial charge in [-0.25, -0.2) is 0 Å². The molecule has 0 bridgehead atoms. The topological polar surface area (TPSA) is 23.8 Å². The van der Waals surface area contributed by atoms with Gasteiger partial charge in [0.15, 0.2) is 0 Å². The number of benzene rings is 2. The van der Waals surface area contributed by atoms with E-state index in [-0.39, 0.29) is 6.42 Å². The molecule has 0 aliphatic heterocycles. The van der Waals surface area contributed by atoms with Gasteiger partial charge in [0.05, 0.1) is 18.1 Å². The van der Waals surface area contributed by atoms with E-state index in [9.17, 15) is 13.2 Å². The van der Waals surface area contributed by atoms with E-state index < -0.39 is 11.7 Å². The summed E-state index contributed by atoms with van der Waals surface area (Å²) in [5.41, 5.74) is 0.829. The Labute approximate surface area is 119 Å². The van der Waals surface area contributed by atoms with Gasteiger partial charge in [-0.2, -0.15) is 18.4 Å². The lowest BCUT2D eigenvalue weighted by Crippen LogP contribution is -2.05. The third-order valence-electron chi connectivity index (χ3n) is 2.86. The van der Waals surface area contributed by atoms with Crippen molar-refractivity contribution in [1.82, 2.24) is 0 Å². The van der Waals surface area contributed by atoms with Crippen LogP contribution < -0.4 is 0 Å². The van der Waals surface area contributed by atoms with Crippen molar-refractivity contribution in [3.8, 4) is 17.2 Å². The smallest absolute Gasteiger partial charge is 0.198 e. The summed E-state index contributed by atoms with van der Waals surface area (Å²) >= 11 is 5.77. The van der Waals surface area contributed by atoms with E-state index >= 15 is 0 Å². The normalized spacial score (nSPS) is 11.2. The van der Waals surface area contributed by atoms with E-state index in [4.69, 9.17) is 16.9 Å². The number of rotatable bonds is 2. The Morgan fingerprint density at radius 1 is 1.05 bits per heavy atom. The molecule has 0 amide bonds. The highest BCUT2D eigenvalue weighted by Gasteiger charge is 2.31. The second-order valence-electron chi connectivity index (χ2n) is 4.21.